The summed E-state index contributed by atoms with van der Waals surface area (Å²) in [6, 6.07) is 6.68. The lowest BCUT2D eigenvalue weighted by Crippen LogP contribution is -2.27. The molecule has 0 aliphatic heterocycles. The number of fused-ring (bicyclic) bond motifs is 1. The minimum Gasteiger partial charge on any atom is -0.404 e. The van der Waals surface area contributed by atoms with E-state index in [1.165, 1.54) is 24.3 Å². The Hall–Kier alpha value is -2.77. The normalized spacial score (nSPS) is 16.7. The van der Waals surface area contributed by atoms with E-state index in [4.69, 9.17) is 0 Å². The quantitative estimate of drug-likeness (QED) is 0.871. The molecule has 2 N–H and O–H groups in total. The number of aryl methyl sites for hydroxylation is 1. The maximum Gasteiger partial charge on any atom is 0.573 e. The zero-order valence-corrected chi connectivity index (χ0v) is 13.9. The molecule has 2 aromatic rings. The van der Waals surface area contributed by atoms with E-state index in [9.17, 15) is 22.8 Å². The second kappa shape index (κ2) is 6.86. The van der Waals surface area contributed by atoms with Crippen LogP contribution in [-0.4, -0.2) is 17.3 Å². The summed E-state index contributed by atoms with van der Waals surface area (Å²) in [5.74, 6) is -0.896. The lowest BCUT2D eigenvalue weighted by Gasteiger charge is -2.21. The molecule has 1 atom stereocenters. The Bertz CT molecular complexity index is 890. The van der Waals surface area contributed by atoms with E-state index in [0.717, 1.165) is 36.6 Å². The van der Waals surface area contributed by atoms with Crippen molar-refractivity contribution in [1.29, 1.82) is 0 Å². The van der Waals surface area contributed by atoms with Gasteiger partial charge in [0.15, 0.2) is 5.75 Å². The summed E-state index contributed by atoms with van der Waals surface area (Å²) in [5, 5.41) is 2.32. The van der Waals surface area contributed by atoms with Crippen molar-refractivity contribution in [2.45, 2.75) is 32.5 Å². The Labute approximate surface area is 147 Å². The third-order valence-electron chi connectivity index (χ3n) is 4.28. The number of aromatic amines is 1. The van der Waals surface area contributed by atoms with Crippen LogP contribution in [0.15, 0.2) is 35.1 Å². The number of rotatable bonds is 3. The van der Waals surface area contributed by atoms with Gasteiger partial charge in [-0.1, -0.05) is 19.1 Å². The average Bonchev–Trinajstić information content (AvgIpc) is 2.55. The molecule has 0 saturated carbocycles. The molecule has 1 amide bonds. The predicted molar refractivity (Wildman–Crippen MR) is 89.3 cm³/mol. The SMILES string of the molecule is CC1CCc2[nH]c(=O)c(C(=O)Nc3ccccc3OC(F)(F)F)cc2C1. The number of alkyl halides is 3. The topological polar surface area (TPSA) is 71.2 Å². The predicted octanol–water partition coefficient (Wildman–Crippen LogP) is 3.65. The Morgan fingerprint density at radius 1 is 1.31 bits per heavy atom. The van der Waals surface area contributed by atoms with E-state index in [1.54, 1.807) is 0 Å². The first kappa shape index (κ1) is 18.0. The van der Waals surface area contributed by atoms with Gasteiger partial charge in [0, 0.05) is 5.69 Å². The van der Waals surface area contributed by atoms with E-state index in [1.807, 2.05) is 0 Å². The van der Waals surface area contributed by atoms with Crippen molar-refractivity contribution < 1.29 is 22.7 Å². The number of amides is 1. The smallest absolute Gasteiger partial charge is 0.404 e. The summed E-state index contributed by atoms with van der Waals surface area (Å²) in [6.07, 6.45) is -2.47. The van der Waals surface area contributed by atoms with Crippen molar-refractivity contribution in [1.82, 2.24) is 4.98 Å². The first-order valence-electron chi connectivity index (χ1n) is 8.14. The lowest BCUT2D eigenvalue weighted by molar-refractivity contribution is -0.274. The fraction of sp³-hybridized carbons (Fsp3) is 0.333. The molecule has 1 aromatic heterocycles. The molecular weight excluding hydrogens is 349 g/mol. The van der Waals surface area contributed by atoms with Crippen LogP contribution in [0, 0.1) is 5.92 Å². The fourth-order valence-electron chi connectivity index (χ4n) is 3.03. The molecule has 1 aromatic carbocycles. The molecule has 138 valence electrons. The zero-order chi connectivity index (χ0) is 18.9. The Morgan fingerprint density at radius 3 is 2.77 bits per heavy atom. The summed E-state index contributed by atoms with van der Waals surface area (Å²) >= 11 is 0. The first-order chi connectivity index (χ1) is 12.2. The van der Waals surface area contributed by atoms with Gasteiger partial charge < -0.3 is 15.0 Å². The molecule has 3 rings (SSSR count). The minimum atomic E-state index is -4.89. The summed E-state index contributed by atoms with van der Waals surface area (Å²) in [5.41, 5.74) is 0.823. The Kier molecular flexibility index (Phi) is 4.76. The zero-order valence-electron chi connectivity index (χ0n) is 13.9. The lowest BCUT2D eigenvalue weighted by atomic mass is 9.87. The number of halogens is 3. The number of anilines is 1. The van der Waals surface area contributed by atoms with Crippen molar-refractivity contribution >= 4 is 11.6 Å². The largest absolute Gasteiger partial charge is 0.573 e. The van der Waals surface area contributed by atoms with Gasteiger partial charge in [0.05, 0.1) is 5.69 Å². The third kappa shape index (κ3) is 4.07. The van der Waals surface area contributed by atoms with E-state index >= 15 is 0 Å². The van der Waals surface area contributed by atoms with E-state index in [0.29, 0.717) is 5.92 Å². The number of pyridine rings is 1. The van der Waals surface area contributed by atoms with Gasteiger partial charge in [-0.2, -0.15) is 0 Å². The minimum absolute atomic E-state index is 0.139. The second-order valence-electron chi connectivity index (χ2n) is 6.36. The maximum absolute atomic E-state index is 12.5. The van der Waals surface area contributed by atoms with Crippen LogP contribution >= 0.6 is 0 Å². The summed E-state index contributed by atoms with van der Waals surface area (Å²) < 4.78 is 41.3. The van der Waals surface area contributed by atoms with Crippen LogP contribution in [-0.2, 0) is 12.8 Å². The Balaban J connectivity index is 1.88. The number of carbonyl (C=O) groups excluding carboxylic acids is 1. The van der Waals surface area contributed by atoms with Gasteiger partial charge in [-0.3, -0.25) is 9.59 Å². The van der Waals surface area contributed by atoms with Crippen LogP contribution in [0.5, 0.6) is 5.75 Å². The van der Waals surface area contributed by atoms with Crippen molar-refractivity contribution in [3.63, 3.8) is 0 Å². The van der Waals surface area contributed by atoms with Crippen molar-refractivity contribution in [2.75, 3.05) is 5.32 Å². The van der Waals surface area contributed by atoms with Gasteiger partial charge in [-0.25, -0.2) is 0 Å². The highest BCUT2D eigenvalue weighted by Gasteiger charge is 2.32. The molecule has 0 spiro atoms. The fourth-order valence-corrected chi connectivity index (χ4v) is 3.03. The molecule has 1 aliphatic carbocycles. The number of benzene rings is 1. The van der Waals surface area contributed by atoms with Crippen LogP contribution in [0.2, 0.25) is 0 Å². The third-order valence-corrected chi connectivity index (χ3v) is 4.28. The molecule has 1 unspecified atom stereocenters. The number of H-pyrrole nitrogens is 1. The highest BCUT2D eigenvalue weighted by atomic mass is 19.4. The molecule has 8 heteroatoms. The number of hydrogen-bond acceptors (Lipinski definition) is 3. The number of ether oxygens (including phenoxy) is 1. The van der Waals surface area contributed by atoms with Gasteiger partial charge in [0.1, 0.15) is 5.56 Å². The maximum atomic E-state index is 12.5. The molecular formula is C18H17F3N2O3. The molecule has 5 nitrogen and oxygen atoms in total. The standard InChI is InChI=1S/C18H17F3N2O3/c1-10-6-7-13-11(8-10)9-12(16(24)22-13)17(25)23-14-4-2-3-5-15(14)26-18(19,20)21/h2-5,9-10H,6-8H2,1H3,(H,22,24)(H,23,25). The molecule has 0 saturated heterocycles. The van der Waals surface area contributed by atoms with E-state index < -0.39 is 23.6 Å². The number of hydrogen-bond donors (Lipinski definition) is 2. The van der Waals surface area contributed by atoms with Crippen LogP contribution < -0.4 is 15.6 Å². The highest BCUT2D eigenvalue weighted by Crippen LogP contribution is 2.30. The van der Waals surface area contributed by atoms with E-state index in [-0.39, 0.29) is 11.3 Å². The van der Waals surface area contributed by atoms with Crippen molar-refractivity contribution in [3.8, 4) is 5.75 Å². The molecule has 0 fully saturated rings. The highest BCUT2D eigenvalue weighted by molar-refractivity contribution is 6.04. The summed E-state index contributed by atoms with van der Waals surface area (Å²) in [4.78, 5) is 27.4. The number of para-hydroxylation sites is 2. The summed E-state index contributed by atoms with van der Waals surface area (Å²) in [7, 11) is 0. The van der Waals surface area contributed by atoms with Gasteiger partial charge in [0.25, 0.3) is 11.5 Å². The van der Waals surface area contributed by atoms with Gasteiger partial charge in [-0.15, -0.1) is 13.2 Å². The Morgan fingerprint density at radius 2 is 2.04 bits per heavy atom. The van der Waals surface area contributed by atoms with Crippen LogP contribution in [0.4, 0.5) is 18.9 Å². The molecule has 0 radical (unpaired) electrons. The van der Waals surface area contributed by atoms with Gasteiger partial charge >= 0.3 is 6.36 Å². The van der Waals surface area contributed by atoms with E-state index in [2.05, 4.69) is 22.0 Å². The number of carbonyl (C=O) groups is 1. The van der Waals surface area contributed by atoms with Crippen LogP contribution in [0.3, 0.4) is 0 Å². The second-order valence-corrected chi connectivity index (χ2v) is 6.36. The number of aromatic nitrogens is 1. The number of nitrogens with one attached hydrogen (secondary N) is 2. The molecule has 1 aliphatic rings. The van der Waals surface area contributed by atoms with Crippen LogP contribution in [0.1, 0.15) is 35.0 Å². The molecule has 26 heavy (non-hydrogen) atoms. The molecule has 0 bridgehead atoms. The van der Waals surface area contributed by atoms with Crippen molar-refractivity contribution in [2.24, 2.45) is 5.92 Å². The molecule has 1 heterocycles. The van der Waals surface area contributed by atoms with Crippen molar-refractivity contribution in [3.05, 3.63) is 57.5 Å². The summed E-state index contributed by atoms with van der Waals surface area (Å²) in [6.45, 7) is 2.08. The average molecular weight is 366 g/mol. The van der Waals surface area contributed by atoms with Gasteiger partial charge in [-0.05, 0) is 48.9 Å². The van der Waals surface area contributed by atoms with Crippen LogP contribution in [0.25, 0.3) is 0 Å². The monoisotopic (exact) mass is 366 g/mol. The van der Waals surface area contributed by atoms with Gasteiger partial charge in [0.2, 0.25) is 0 Å². The first-order valence-corrected chi connectivity index (χ1v) is 8.14.